The third-order valence-electron chi connectivity index (χ3n) is 3.54. The van der Waals surface area contributed by atoms with E-state index in [4.69, 9.17) is 34.8 Å². The van der Waals surface area contributed by atoms with Crippen molar-refractivity contribution >= 4 is 69.5 Å². The van der Waals surface area contributed by atoms with Crippen LogP contribution >= 0.6 is 57.9 Å². The average molecular weight is 462 g/mol. The summed E-state index contributed by atoms with van der Waals surface area (Å²) in [5.74, 6) is 0.734. The Hall–Kier alpha value is -1.25. The number of benzene rings is 1. The van der Waals surface area contributed by atoms with Gasteiger partial charge in [-0.15, -0.1) is 21.5 Å². The lowest BCUT2D eigenvalue weighted by molar-refractivity contribution is -0.113. The van der Waals surface area contributed by atoms with Crippen LogP contribution in [0.4, 0.5) is 5.69 Å². The minimum absolute atomic E-state index is 0.159. The van der Waals surface area contributed by atoms with Gasteiger partial charge in [0.15, 0.2) is 11.0 Å². The molecular weight excluding hydrogens is 447 g/mol. The lowest BCUT2D eigenvalue weighted by atomic mass is 10.3. The van der Waals surface area contributed by atoms with E-state index in [1.807, 2.05) is 22.1 Å². The van der Waals surface area contributed by atoms with Crippen molar-refractivity contribution in [3.05, 3.63) is 44.7 Å². The first kappa shape index (κ1) is 20.5. The summed E-state index contributed by atoms with van der Waals surface area (Å²) >= 11 is 20.9. The Bertz CT molecular complexity index is 957. The van der Waals surface area contributed by atoms with Gasteiger partial charge in [0.05, 0.1) is 31.4 Å². The highest BCUT2D eigenvalue weighted by Crippen LogP contribution is 2.33. The van der Waals surface area contributed by atoms with Crippen LogP contribution in [0.2, 0.25) is 15.1 Å². The normalized spacial score (nSPS) is 11.2. The molecule has 0 saturated carbocycles. The summed E-state index contributed by atoms with van der Waals surface area (Å²) in [5, 5.41) is 15.0. The standard InChI is InChI=1S/C17H15Cl3N4OS2/c1-9(2)24-16(14-4-3-5-26-14)22-23-17(24)27-8-15(25)21-13-7-11(19)10(18)6-12(13)20/h3-7,9H,8H2,1-2H3,(H,21,25). The smallest absolute Gasteiger partial charge is 0.234 e. The second-order valence-electron chi connectivity index (χ2n) is 5.83. The Balaban J connectivity index is 1.72. The van der Waals surface area contributed by atoms with Crippen LogP contribution in [0.25, 0.3) is 10.7 Å². The maximum absolute atomic E-state index is 12.3. The molecule has 0 unspecified atom stereocenters. The molecule has 0 fully saturated rings. The molecular formula is C17H15Cl3N4OS2. The molecule has 0 atom stereocenters. The van der Waals surface area contributed by atoms with E-state index in [0.717, 1.165) is 10.7 Å². The maximum Gasteiger partial charge on any atom is 0.234 e. The van der Waals surface area contributed by atoms with Gasteiger partial charge in [-0.2, -0.15) is 0 Å². The monoisotopic (exact) mass is 460 g/mol. The van der Waals surface area contributed by atoms with Gasteiger partial charge in [0.2, 0.25) is 5.91 Å². The van der Waals surface area contributed by atoms with Gasteiger partial charge in [-0.1, -0.05) is 52.6 Å². The molecule has 5 nitrogen and oxygen atoms in total. The largest absolute Gasteiger partial charge is 0.324 e. The van der Waals surface area contributed by atoms with Crippen LogP contribution in [0.1, 0.15) is 19.9 Å². The number of hydrogen-bond acceptors (Lipinski definition) is 5. The van der Waals surface area contributed by atoms with E-state index in [-0.39, 0.29) is 17.7 Å². The molecule has 0 spiro atoms. The van der Waals surface area contributed by atoms with Gasteiger partial charge in [-0.3, -0.25) is 9.36 Å². The van der Waals surface area contributed by atoms with Crippen LogP contribution in [-0.2, 0) is 4.79 Å². The molecule has 0 aliphatic carbocycles. The van der Waals surface area contributed by atoms with Crippen LogP contribution in [0.3, 0.4) is 0 Å². The van der Waals surface area contributed by atoms with Gasteiger partial charge < -0.3 is 5.32 Å². The van der Waals surface area contributed by atoms with Crippen molar-refractivity contribution in [3.63, 3.8) is 0 Å². The zero-order valence-corrected chi connectivity index (χ0v) is 18.3. The number of carbonyl (C=O) groups is 1. The highest BCUT2D eigenvalue weighted by Gasteiger charge is 2.18. The number of aromatic nitrogens is 3. The van der Waals surface area contributed by atoms with Crippen molar-refractivity contribution in [2.45, 2.75) is 25.0 Å². The summed E-state index contributed by atoms with van der Waals surface area (Å²) in [5.41, 5.74) is 0.418. The summed E-state index contributed by atoms with van der Waals surface area (Å²) < 4.78 is 2.02. The Morgan fingerprint density at radius 3 is 2.63 bits per heavy atom. The number of thiophene rings is 1. The highest BCUT2D eigenvalue weighted by atomic mass is 35.5. The molecule has 1 aromatic carbocycles. The molecule has 3 rings (SSSR count). The number of thioether (sulfide) groups is 1. The quantitative estimate of drug-likeness (QED) is 0.347. The van der Waals surface area contributed by atoms with E-state index in [1.54, 1.807) is 11.3 Å². The molecule has 1 N–H and O–H groups in total. The van der Waals surface area contributed by atoms with Gasteiger partial charge in [0.25, 0.3) is 0 Å². The topological polar surface area (TPSA) is 59.8 Å². The first-order valence-electron chi connectivity index (χ1n) is 7.92. The van der Waals surface area contributed by atoms with Crippen molar-refractivity contribution in [2.24, 2.45) is 0 Å². The van der Waals surface area contributed by atoms with Crippen molar-refractivity contribution in [1.29, 1.82) is 0 Å². The number of hydrogen-bond donors (Lipinski definition) is 1. The van der Waals surface area contributed by atoms with Crippen LogP contribution < -0.4 is 5.32 Å². The van der Waals surface area contributed by atoms with Gasteiger partial charge >= 0.3 is 0 Å². The number of nitrogens with one attached hydrogen (secondary N) is 1. The summed E-state index contributed by atoms with van der Waals surface area (Å²) in [6.07, 6.45) is 0. The number of amides is 1. The Morgan fingerprint density at radius 1 is 1.22 bits per heavy atom. The van der Waals surface area contributed by atoms with E-state index in [1.165, 1.54) is 23.9 Å². The number of nitrogens with zero attached hydrogens (tertiary/aromatic N) is 3. The molecule has 1 amide bonds. The van der Waals surface area contributed by atoms with Crippen LogP contribution in [-0.4, -0.2) is 26.4 Å². The number of carbonyl (C=O) groups excluding carboxylic acids is 1. The molecule has 142 valence electrons. The first-order chi connectivity index (χ1) is 12.9. The van der Waals surface area contributed by atoms with E-state index in [9.17, 15) is 4.79 Å². The molecule has 0 saturated heterocycles. The number of rotatable bonds is 6. The van der Waals surface area contributed by atoms with E-state index in [0.29, 0.717) is 25.9 Å². The maximum atomic E-state index is 12.3. The molecule has 0 radical (unpaired) electrons. The van der Waals surface area contributed by atoms with Crippen LogP contribution in [0, 0.1) is 0 Å². The van der Waals surface area contributed by atoms with E-state index < -0.39 is 0 Å². The van der Waals surface area contributed by atoms with Crippen LogP contribution in [0.15, 0.2) is 34.8 Å². The molecule has 3 aromatic rings. The number of anilines is 1. The predicted molar refractivity (Wildman–Crippen MR) is 115 cm³/mol. The fraction of sp³-hybridized carbons (Fsp3) is 0.235. The average Bonchev–Trinajstić information content (AvgIpc) is 3.26. The fourth-order valence-corrected chi connectivity index (χ4v) is 4.52. The van der Waals surface area contributed by atoms with Gasteiger partial charge in [0.1, 0.15) is 0 Å². The molecule has 0 aliphatic rings. The molecule has 0 aliphatic heterocycles. The summed E-state index contributed by atoms with van der Waals surface area (Å²) in [7, 11) is 0. The summed E-state index contributed by atoms with van der Waals surface area (Å²) in [4.78, 5) is 13.4. The SMILES string of the molecule is CC(C)n1c(SCC(=O)Nc2cc(Cl)c(Cl)cc2Cl)nnc1-c1cccs1. The Kier molecular flexibility index (Phi) is 6.70. The Morgan fingerprint density at radius 2 is 1.96 bits per heavy atom. The first-order valence-corrected chi connectivity index (χ1v) is 10.9. The predicted octanol–water partition coefficient (Wildman–Crippen LogP) is 6.28. The molecule has 27 heavy (non-hydrogen) atoms. The zero-order valence-electron chi connectivity index (χ0n) is 14.4. The lowest BCUT2D eigenvalue weighted by Gasteiger charge is -2.13. The van der Waals surface area contributed by atoms with Gasteiger partial charge in [0, 0.05) is 6.04 Å². The summed E-state index contributed by atoms with van der Waals surface area (Å²) in [6.45, 7) is 4.11. The van der Waals surface area contributed by atoms with Crippen molar-refractivity contribution in [1.82, 2.24) is 14.8 Å². The lowest BCUT2D eigenvalue weighted by Crippen LogP contribution is -2.15. The number of halogens is 3. The molecule has 2 heterocycles. The third kappa shape index (κ3) is 4.78. The van der Waals surface area contributed by atoms with Gasteiger partial charge in [-0.25, -0.2) is 0 Å². The van der Waals surface area contributed by atoms with Crippen molar-refractivity contribution < 1.29 is 4.79 Å². The second-order valence-corrected chi connectivity index (χ2v) is 8.94. The zero-order chi connectivity index (χ0) is 19.6. The Labute approximate surface area is 180 Å². The third-order valence-corrected chi connectivity index (χ3v) is 6.38. The van der Waals surface area contributed by atoms with Crippen LogP contribution in [0.5, 0.6) is 0 Å². The second kappa shape index (κ2) is 8.84. The van der Waals surface area contributed by atoms with E-state index in [2.05, 4.69) is 29.4 Å². The minimum Gasteiger partial charge on any atom is -0.324 e. The fourth-order valence-electron chi connectivity index (χ4n) is 2.35. The van der Waals surface area contributed by atoms with Crippen molar-refractivity contribution in [2.75, 3.05) is 11.1 Å². The highest BCUT2D eigenvalue weighted by molar-refractivity contribution is 7.99. The molecule has 2 aromatic heterocycles. The molecule has 10 heteroatoms. The van der Waals surface area contributed by atoms with Crippen molar-refractivity contribution in [3.8, 4) is 10.7 Å². The van der Waals surface area contributed by atoms with E-state index >= 15 is 0 Å². The minimum atomic E-state index is -0.226. The summed E-state index contributed by atoms with van der Waals surface area (Å²) in [6, 6.07) is 7.16. The van der Waals surface area contributed by atoms with Gasteiger partial charge in [-0.05, 0) is 37.4 Å². The molecule has 0 bridgehead atoms.